The maximum atomic E-state index is 2.48. The predicted octanol–water partition coefficient (Wildman–Crippen LogP) is 10.8. The molecule has 0 saturated carbocycles. The van der Waals surface area contributed by atoms with Gasteiger partial charge in [-0.25, -0.2) is 0 Å². The molecule has 0 heterocycles. The fourth-order valence-corrected chi connectivity index (χ4v) is 5.12. The Bertz CT molecular complexity index is 999. The van der Waals surface area contributed by atoms with Gasteiger partial charge < -0.3 is 0 Å². The molecular formula is C34H46. The lowest BCUT2D eigenvalue weighted by molar-refractivity contribution is 0.590. The molecule has 0 fully saturated rings. The number of rotatable bonds is 6. The van der Waals surface area contributed by atoms with Crippen molar-refractivity contribution in [3.8, 4) is 22.3 Å². The Morgan fingerprint density at radius 2 is 0.765 bits per heavy atom. The number of hydrogen-bond acceptors (Lipinski definition) is 0. The van der Waals surface area contributed by atoms with Crippen LogP contribution >= 0.6 is 0 Å². The van der Waals surface area contributed by atoms with Crippen LogP contribution in [0.15, 0.2) is 54.6 Å². The van der Waals surface area contributed by atoms with E-state index in [0.29, 0.717) is 23.7 Å². The summed E-state index contributed by atoms with van der Waals surface area (Å²) in [5.74, 6) is 1.91. The molecule has 0 aliphatic rings. The zero-order valence-corrected chi connectivity index (χ0v) is 23.5. The summed E-state index contributed by atoms with van der Waals surface area (Å²) in [6.07, 6.45) is 0. The summed E-state index contributed by atoms with van der Waals surface area (Å²) < 4.78 is 0. The second kappa shape index (κ2) is 10.1. The Hall–Kier alpha value is -2.34. The molecule has 0 unspecified atom stereocenters. The zero-order valence-electron chi connectivity index (χ0n) is 23.5. The second-order valence-electron chi connectivity index (χ2n) is 12.3. The largest absolute Gasteiger partial charge is 0.0617 e. The molecule has 3 rings (SSSR count). The molecule has 0 saturated heterocycles. The van der Waals surface area contributed by atoms with Gasteiger partial charge >= 0.3 is 0 Å². The first-order chi connectivity index (χ1) is 15.8. The summed E-state index contributed by atoms with van der Waals surface area (Å²) in [5.41, 5.74) is 12.9. The number of benzene rings is 3. The lowest BCUT2D eigenvalue weighted by Crippen LogP contribution is -2.12. The van der Waals surface area contributed by atoms with E-state index in [1.54, 1.807) is 0 Å². The van der Waals surface area contributed by atoms with Crippen LogP contribution in [0.2, 0.25) is 0 Å². The molecule has 3 aromatic rings. The van der Waals surface area contributed by atoms with Gasteiger partial charge in [-0.2, -0.15) is 0 Å². The van der Waals surface area contributed by atoms with Crippen molar-refractivity contribution in [2.45, 2.75) is 105 Å². The minimum absolute atomic E-state index is 0.0697. The number of hydrogen-bond donors (Lipinski definition) is 0. The van der Waals surface area contributed by atoms with E-state index in [1.807, 2.05) is 0 Å². The van der Waals surface area contributed by atoms with Crippen molar-refractivity contribution >= 4 is 0 Å². The van der Waals surface area contributed by atoms with Gasteiger partial charge in [-0.15, -0.1) is 0 Å². The topological polar surface area (TPSA) is 0 Å². The average Bonchev–Trinajstić information content (AvgIpc) is 2.76. The van der Waals surface area contributed by atoms with Gasteiger partial charge in [0.2, 0.25) is 0 Å². The summed E-state index contributed by atoms with van der Waals surface area (Å²) in [6.45, 7) is 25.6. The maximum absolute atomic E-state index is 2.48. The lowest BCUT2D eigenvalue weighted by atomic mass is 9.78. The first-order valence-electron chi connectivity index (χ1n) is 13.2. The van der Waals surface area contributed by atoms with E-state index in [2.05, 4.69) is 131 Å². The first-order valence-corrected chi connectivity index (χ1v) is 13.2. The van der Waals surface area contributed by atoms with Gasteiger partial charge in [0.05, 0.1) is 0 Å². The molecule has 0 amide bonds. The first kappa shape index (κ1) is 26.3. The molecule has 3 aromatic carbocycles. The summed E-state index contributed by atoms with van der Waals surface area (Å²) >= 11 is 0. The quantitative estimate of drug-likeness (QED) is 0.347. The zero-order chi connectivity index (χ0) is 25.4. The van der Waals surface area contributed by atoms with Crippen LogP contribution in [0.4, 0.5) is 0 Å². The van der Waals surface area contributed by atoms with Crippen molar-refractivity contribution in [3.05, 3.63) is 82.4 Å². The highest BCUT2D eigenvalue weighted by Crippen LogP contribution is 2.43. The van der Waals surface area contributed by atoms with Crippen LogP contribution in [-0.2, 0) is 5.41 Å². The van der Waals surface area contributed by atoms with Crippen LogP contribution in [0.3, 0.4) is 0 Å². The van der Waals surface area contributed by atoms with Crippen LogP contribution in [-0.4, -0.2) is 0 Å². The van der Waals surface area contributed by atoms with E-state index in [1.165, 1.54) is 50.1 Å². The van der Waals surface area contributed by atoms with E-state index < -0.39 is 0 Å². The summed E-state index contributed by atoms with van der Waals surface area (Å²) in [7, 11) is 0. The monoisotopic (exact) mass is 454 g/mol. The Labute approximate surface area is 209 Å². The van der Waals surface area contributed by atoms with Crippen molar-refractivity contribution in [1.29, 1.82) is 0 Å². The second-order valence-corrected chi connectivity index (χ2v) is 12.3. The molecular weight excluding hydrogens is 408 g/mol. The van der Waals surface area contributed by atoms with Crippen LogP contribution in [0.25, 0.3) is 22.3 Å². The molecule has 0 aliphatic carbocycles. The van der Waals surface area contributed by atoms with Gasteiger partial charge in [-0.3, -0.25) is 0 Å². The molecule has 0 aromatic heterocycles. The van der Waals surface area contributed by atoms with E-state index in [0.717, 1.165) is 0 Å². The fraction of sp³-hybridized carbons (Fsp3) is 0.471. The minimum atomic E-state index is 0.0697. The minimum Gasteiger partial charge on any atom is -0.0617 e. The molecule has 0 nitrogen and oxygen atoms in total. The highest BCUT2D eigenvalue weighted by Gasteiger charge is 2.23. The Morgan fingerprint density at radius 3 is 1.00 bits per heavy atom. The Kier molecular flexibility index (Phi) is 7.81. The van der Waals surface area contributed by atoms with E-state index in [4.69, 9.17) is 0 Å². The summed E-state index contributed by atoms with van der Waals surface area (Å²) in [6, 6.07) is 21.2. The molecule has 34 heavy (non-hydrogen) atoms. The van der Waals surface area contributed by atoms with Gasteiger partial charge in [-0.05, 0) is 85.2 Å². The standard InChI is InChI=1S/C34H46/c1-21(2)28-14-12-15-29(22(3)4)32(28)25-18-26(20-27(19-25)34(9,10)11)33-30(23(5)6)16-13-17-31(33)24(7)8/h12-24H,1-11H3. The average molecular weight is 455 g/mol. The van der Waals surface area contributed by atoms with Crippen molar-refractivity contribution in [1.82, 2.24) is 0 Å². The van der Waals surface area contributed by atoms with Gasteiger partial charge in [0.15, 0.2) is 0 Å². The van der Waals surface area contributed by atoms with Crippen molar-refractivity contribution in [2.75, 3.05) is 0 Å². The molecule has 0 N–H and O–H groups in total. The van der Waals surface area contributed by atoms with Crippen LogP contribution in [0.1, 0.15) is 128 Å². The Morgan fingerprint density at radius 1 is 0.471 bits per heavy atom. The van der Waals surface area contributed by atoms with E-state index in [9.17, 15) is 0 Å². The van der Waals surface area contributed by atoms with Gasteiger partial charge in [0.1, 0.15) is 0 Å². The molecule has 0 aliphatic heterocycles. The van der Waals surface area contributed by atoms with Crippen molar-refractivity contribution in [2.24, 2.45) is 0 Å². The maximum Gasteiger partial charge on any atom is -0.0114 e. The van der Waals surface area contributed by atoms with Gasteiger partial charge in [-0.1, -0.05) is 125 Å². The molecule has 0 bridgehead atoms. The van der Waals surface area contributed by atoms with Crippen molar-refractivity contribution in [3.63, 3.8) is 0 Å². The van der Waals surface area contributed by atoms with Gasteiger partial charge in [0.25, 0.3) is 0 Å². The van der Waals surface area contributed by atoms with Gasteiger partial charge in [0, 0.05) is 0 Å². The third-order valence-corrected chi connectivity index (χ3v) is 7.12. The fourth-order valence-electron chi connectivity index (χ4n) is 5.12. The SMILES string of the molecule is CC(C)c1cccc(C(C)C)c1-c1cc(-c2c(C(C)C)cccc2C(C)C)cc(C(C)(C)C)c1. The normalized spacial score (nSPS) is 12.4. The highest BCUT2D eigenvalue weighted by molar-refractivity contribution is 5.81. The molecule has 182 valence electrons. The highest BCUT2D eigenvalue weighted by atomic mass is 14.3. The molecule has 0 radical (unpaired) electrons. The van der Waals surface area contributed by atoms with Crippen molar-refractivity contribution < 1.29 is 0 Å². The smallest absolute Gasteiger partial charge is 0.0114 e. The van der Waals surface area contributed by atoms with Crippen LogP contribution in [0, 0.1) is 0 Å². The summed E-state index contributed by atoms with van der Waals surface area (Å²) in [5, 5.41) is 0. The van der Waals surface area contributed by atoms with E-state index >= 15 is 0 Å². The predicted molar refractivity (Wildman–Crippen MR) is 152 cm³/mol. The molecule has 0 atom stereocenters. The molecule has 0 spiro atoms. The van der Waals surface area contributed by atoms with Crippen LogP contribution in [0.5, 0.6) is 0 Å². The third kappa shape index (κ3) is 5.32. The van der Waals surface area contributed by atoms with E-state index in [-0.39, 0.29) is 5.41 Å². The van der Waals surface area contributed by atoms with Crippen LogP contribution < -0.4 is 0 Å². The summed E-state index contributed by atoms with van der Waals surface area (Å²) in [4.78, 5) is 0. The lowest BCUT2D eigenvalue weighted by Gasteiger charge is -2.27. The Balaban J connectivity index is 2.47. The third-order valence-electron chi connectivity index (χ3n) is 7.12. The molecule has 0 heteroatoms.